The van der Waals surface area contributed by atoms with Gasteiger partial charge in [0.1, 0.15) is 6.61 Å². The summed E-state index contributed by atoms with van der Waals surface area (Å²) in [6.45, 7) is 3.99. The van der Waals surface area contributed by atoms with Crippen molar-refractivity contribution in [2.75, 3.05) is 13.7 Å². The normalized spacial score (nSPS) is 26.8. The molecule has 2 saturated carbocycles. The van der Waals surface area contributed by atoms with E-state index < -0.39 is 11.7 Å². The molecule has 166 valence electrons. The third-order valence-corrected chi connectivity index (χ3v) is 5.92. The van der Waals surface area contributed by atoms with Crippen LogP contribution in [0.2, 0.25) is 0 Å². The molecule has 0 amide bonds. The number of ether oxygens (including phenoxy) is 3. The van der Waals surface area contributed by atoms with Crippen LogP contribution in [0.3, 0.4) is 0 Å². The fraction of sp³-hybridized carbons (Fsp3) is 0.667. The van der Waals surface area contributed by atoms with Crippen LogP contribution < -0.4 is 0 Å². The molecule has 0 heterocycles. The van der Waals surface area contributed by atoms with Crippen molar-refractivity contribution >= 4 is 0 Å². The minimum atomic E-state index is -4.39. The van der Waals surface area contributed by atoms with Crippen molar-refractivity contribution in [3.05, 3.63) is 34.9 Å². The van der Waals surface area contributed by atoms with Crippen LogP contribution in [0.25, 0.3) is 0 Å². The van der Waals surface area contributed by atoms with E-state index >= 15 is 0 Å². The molecule has 0 radical (unpaired) electrons. The second-order valence-electron chi connectivity index (χ2n) is 8.56. The van der Waals surface area contributed by atoms with Gasteiger partial charge in [-0.25, -0.2) is 0 Å². The first-order valence-electron chi connectivity index (χ1n) is 10.8. The minimum absolute atomic E-state index is 0.0362. The van der Waals surface area contributed by atoms with E-state index in [4.69, 9.17) is 14.2 Å². The summed E-state index contributed by atoms with van der Waals surface area (Å²) in [6.07, 6.45) is 1.70. The third kappa shape index (κ3) is 6.47. The number of benzene rings is 1. The van der Waals surface area contributed by atoms with Gasteiger partial charge in [-0.3, -0.25) is 0 Å². The van der Waals surface area contributed by atoms with E-state index in [2.05, 4.69) is 11.8 Å². The van der Waals surface area contributed by atoms with Gasteiger partial charge in [0, 0.05) is 12.7 Å². The minimum Gasteiger partial charge on any atom is -0.381 e. The molecular weight excluding hydrogens is 393 g/mol. The van der Waals surface area contributed by atoms with Crippen LogP contribution >= 0.6 is 0 Å². The molecule has 6 heteroatoms. The molecule has 0 spiro atoms. The lowest BCUT2D eigenvalue weighted by atomic mass is 9.81. The summed E-state index contributed by atoms with van der Waals surface area (Å²) in [7, 11) is 1.72. The van der Waals surface area contributed by atoms with Crippen molar-refractivity contribution in [1.82, 2.24) is 0 Å². The lowest BCUT2D eigenvalue weighted by molar-refractivity contribution is -0.137. The van der Waals surface area contributed by atoms with Gasteiger partial charge in [-0.2, -0.15) is 13.2 Å². The predicted molar refractivity (Wildman–Crippen MR) is 109 cm³/mol. The van der Waals surface area contributed by atoms with Crippen molar-refractivity contribution in [2.24, 2.45) is 0 Å². The van der Waals surface area contributed by atoms with Crippen LogP contribution in [0.5, 0.6) is 0 Å². The van der Waals surface area contributed by atoms with E-state index in [1.54, 1.807) is 13.2 Å². The molecule has 0 saturated heterocycles. The molecule has 1 aromatic carbocycles. The second-order valence-corrected chi connectivity index (χ2v) is 8.56. The number of hydrogen-bond acceptors (Lipinski definition) is 3. The molecule has 0 atom stereocenters. The summed E-state index contributed by atoms with van der Waals surface area (Å²) in [6, 6.07) is 4.22. The Kier molecular flexibility index (Phi) is 7.84. The molecule has 2 aliphatic carbocycles. The van der Waals surface area contributed by atoms with Gasteiger partial charge in [-0.15, -0.1) is 0 Å². The Labute approximate surface area is 177 Å². The molecule has 0 N–H and O–H groups in total. The molecule has 30 heavy (non-hydrogen) atoms. The van der Waals surface area contributed by atoms with Gasteiger partial charge in [0.05, 0.1) is 30.0 Å². The number of methoxy groups -OCH3 is 1. The largest absolute Gasteiger partial charge is 0.416 e. The Bertz CT molecular complexity index is 749. The molecule has 2 aliphatic rings. The average Bonchev–Trinajstić information content (AvgIpc) is 2.67. The Morgan fingerprint density at radius 1 is 1.00 bits per heavy atom. The molecule has 2 fully saturated rings. The fourth-order valence-electron chi connectivity index (χ4n) is 4.10. The third-order valence-electron chi connectivity index (χ3n) is 5.92. The van der Waals surface area contributed by atoms with Crippen molar-refractivity contribution in [2.45, 2.75) is 88.9 Å². The van der Waals surface area contributed by atoms with Gasteiger partial charge < -0.3 is 14.2 Å². The SMILES string of the molecule is COC1CC(OC2CCC(c3cc(C#CCOC(C)C)cc(C(F)(F)F)c3)CC2)C1. The maximum atomic E-state index is 13.4. The van der Waals surface area contributed by atoms with Crippen LogP contribution in [-0.4, -0.2) is 38.1 Å². The molecule has 3 rings (SSSR count). The molecule has 0 aliphatic heterocycles. The zero-order valence-electron chi connectivity index (χ0n) is 17.9. The van der Waals surface area contributed by atoms with Gasteiger partial charge in [0.2, 0.25) is 0 Å². The van der Waals surface area contributed by atoms with E-state index in [9.17, 15) is 13.2 Å². The zero-order valence-corrected chi connectivity index (χ0v) is 17.9. The Hall–Kier alpha value is -1.55. The van der Waals surface area contributed by atoms with E-state index in [-0.39, 0.29) is 30.8 Å². The van der Waals surface area contributed by atoms with Gasteiger partial charge in [0.15, 0.2) is 0 Å². The van der Waals surface area contributed by atoms with Crippen LogP contribution in [-0.2, 0) is 20.4 Å². The molecule has 3 nitrogen and oxygen atoms in total. The highest BCUT2D eigenvalue weighted by atomic mass is 19.4. The van der Waals surface area contributed by atoms with Crippen molar-refractivity contribution in [3.63, 3.8) is 0 Å². The van der Waals surface area contributed by atoms with Gasteiger partial charge in [-0.1, -0.05) is 11.8 Å². The lowest BCUT2D eigenvalue weighted by Crippen LogP contribution is -2.40. The van der Waals surface area contributed by atoms with Crippen molar-refractivity contribution in [3.8, 4) is 11.8 Å². The van der Waals surface area contributed by atoms with Crippen molar-refractivity contribution < 1.29 is 27.4 Å². The first-order chi connectivity index (χ1) is 14.2. The van der Waals surface area contributed by atoms with Gasteiger partial charge >= 0.3 is 6.18 Å². The quantitative estimate of drug-likeness (QED) is 0.548. The van der Waals surface area contributed by atoms with E-state index in [1.165, 1.54) is 6.07 Å². The summed E-state index contributed by atoms with van der Waals surface area (Å²) in [5.74, 6) is 5.77. The van der Waals surface area contributed by atoms with E-state index in [0.717, 1.165) is 50.2 Å². The fourth-order valence-corrected chi connectivity index (χ4v) is 4.10. The number of rotatable bonds is 6. The topological polar surface area (TPSA) is 27.7 Å². The standard InChI is InChI=1S/C24H31F3O3/c1-16(2)29-10-4-5-17-11-19(13-20(12-17)24(25,26)27)18-6-8-21(9-7-18)30-23-14-22(15-23)28-3/h11-13,16,18,21-23H,6-10,14-15H2,1-3H3. The summed E-state index contributed by atoms with van der Waals surface area (Å²) in [5.41, 5.74) is 0.485. The van der Waals surface area contributed by atoms with Gasteiger partial charge in [0.25, 0.3) is 0 Å². The summed E-state index contributed by atoms with van der Waals surface area (Å²) in [5, 5.41) is 0. The zero-order chi connectivity index (χ0) is 21.7. The highest BCUT2D eigenvalue weighted by Crippen LogP contribution is 2.39. The number of halogens is 3. The Morgan fingerprint density at radius 2 is 1.70 bits per heavy atom. The maximum Gasteiger partial charge on any atom is 0.416 e. The average molecular weight is 425 g/mol. The maximum absolute atomic E-state index is 13.4. The lowest BCUT2D eigenvalue weighted by Gasteiger charge is -2.38. The summed E-state index contributed by atoms with van der Waals surface area (Å²) >= 11 is 0. The molecule has 0 aromatic heterocycles. The molecular formula is C24H31F3O3. The van der Waals surface area contributed by atoms with E-state index in [1.807, 2.05) is 13.8 Å². The van der Waals surface area contributed by atoms with E-state index in [0.29, 0.717) is 11.7 Å². The number of hydrogen-bond donors (Lipinski definition) is 0. The second kappa shape index (κ2) is 10.2. The number of alkyl halides is 3. The first kappa shape index (κ1) is 23.1. The summed E-state index contributed by atoms with van der Waals surface area (Å²) < 4.78 is 57.0. The van der Waals surface area contributed by atoms with Crippen LogP contribution in [0.4, 0.5) is 13.2 Å². The smallest absolute Gasteiger partial charge is 0.381 e. The molecule has 0 unspecified atom stereocenters. The van der Waals surface area contributed by atoms with Gasteiger partial charge in [-0.05, 0) is 82.1 Å². The predicted octanol–water partition coefficient (Wildman–Crippen LogP) is 5.70. The highest BCUT2D eigenvalue weighted by molar-refractivity contribution is 5.43. The van der Waals surface area contributed by atoms with Crippen molar-refractivity contribution in [1.29, 1.82) is 0 Å². The first-order valence-corrected chi connectivity index (χ1v) is 10.8. The Morgan fingerprint density at radius 3 is 2.30 bits per heavy atom. The summed E-state index contributed by atoms with van der Waals surface area (Å²) in [4.78, 5) is 0. The monoisotopic (exact) mass is 424 g/mol. The van der Waals surface area contributed by atoms with Crippen LogP contribution in [0.15, 0.2) is 18.2 Å². The van der Waals surface area contributed by atoms with Crippen LogP contribution in [0, 0.1) is 11.8 Å². The molecule has 1 aromatic rings. The highest BCUT2D eigenvalue weighted by Gasteiger charge is 2.35. The van der Waals surface area contributed by atoms with Crippen LogP contribution in [0.1, 0.15) is 75.0 Å². The Balaban J connectivity index is 1.63. The molecule has 0 bridgehead atoms.